The zero-order chi connectivity index (χ0) is 11.5. The van der Waals surface area contributed by atoms with E-state index in [-0.39, 0.29) is 6.04 Å². The van der Waals surface area contributed by atoms with Gasteiger partial charge in [-0.2, -0.15) is 0 Å². The lowest BCUT2D eigenvalue weighted by molar-refractivity contribution is 0.820. The molecule has 0 aliphatic carbocycles. The molecule has 16 heavy (non-hydrogen) atoms. The summed E-state index contributed by atoms with van der Waals surface area (Å²) in [5, 5.41) is 6.18. The second kappa shape index (κ2) is 5.35. The maximum Gasteiger partial charge on any atom is 0.0807 e. The maximum absolute atomic E-state index is 6.25. The molecule has 0 aliphatic heterocycles. The quantitative estimate of drug-likeness (QED) is 0.940. The molecule has 2 aromatic rings. The fourth-order valence-electron chi connectivity index (χ4n) is 1.51. The van der Waals surface area contributed by atoms with Crippen molar-refractivity contribution in [2.24, 2.45) is 5.73 Å². The molecule has 0 spiro atoms. The average molecular weight is 318 g/mol. The summed E-state index contributed by atoms with van der Waals surface area (Å²) in [7, 11) is 0. The summed E-state index contributed by atoms with van der Waals surface area (Å²) < 4.78 is 5.07. The molecule has 0 bridgehead atoms. The third-order valence-corrected chi connectivity index (χ3v) is 5.09. The van der Waals surface area contributed by atoms with E-state index < -0.39 is 0 Å². The van der Waals surface area contributed by atoms with E-state index in [4.69, 9.17) is 5.73 Å². The summed E-state index contributed by atoms with van der Waals surface area (Å²) in [5.41, 5.74) is 7.29. The van der Waals surface area contributed by atoms with Gasteiger partial charge in [-0.05, 0) is 45.3 Å². The lowest BCUT2D eigenvalue weighted by atomic mass is 10.1. The average Bonchev–Trinajstić information content (AvgIpc) is 2.87. The molecule has 86 valence electrons. The van der Waals surface area contributed by atoms with Gasteiger partial charge in [0.2, 0.25) is 0 Å². The topological polar surface area (TPSA) is 51.8 Å². The summed E-state index contributed by atoms with van der Waals surface area (Å²) in [5.74, 6) is 0. The zero-order valence-electron chi connectivity index (χ0n) is 8.81. The molecule has 0 radical (unpaired) electrons. The Labute approximate surface area is 111 Å². The Kier molecular flexibility index (Phi) is 4.07. The molecule has 1 atom stereocenters. The molecule has 3 nitrogen and oxygen atoms in total. The molecule has 0 aromatic carbocycles. The van der Waals surface area contributed by atoms with Crippen LogP contribution in [-0.2, 0) is 6.42 Å². The predicted octanol–water partition coefficient (Wildman–Crippen LogP) is 3.36. The van der Waals surface area contributed by atoms with Crippen molar-refractivity contribution in [2.75, 3.05) is 0 Å². The van der Waals surface area contributed by atoms with Crippen LogP contribution < -0.4 is 5.73 Å². The van der Waals surface area contributed by atoms with Gasteiger partial charge in [0.05, 0.1) is 16.6 Å². The van der Waals surface area contributed by atoms with Crippen LogP contribution in [0, 0.1) is 0 Å². The van der Waals surface area contributed by atoms with E-state index in [0.717, 1.165) is 32.8 Å². The van der Waals surface area contributed by atoms with Crippen molar-refractivity contribution in [3.05, 3.63) is 31.4 Å². The highest BCUT2D eigenvalue weighted by molar-refractivity contribution is 9.10. The monoisotopic (exact) mass is 317 g/mol. The fraction of sp³-hybridized carbons (Fsp3) is 0.400. The zero-order valence-corrected chi connectivity index (χ0v) is 12.0. The minimum absolute atomic E-state index is 0.101. The standard InChI is InChI=1S/C10H12BrN3S2/c1-2-3-7-10(16-14-13-7)8(12)9-6(11)4-5-15-9/h4-5,8H,2-3,12H2,1H3. The first-order chi connectivity index (χ1) is 7.74. The van der Waals surface area contributed by atoms with Gasteiger partial charge < -0.3 is 5.73 Å². The molecule has 2 N–H and O–H groups in total. The van der Waals surface area contributed by atoms with Crippen LogP contribution in [0.4, 0.5) is 0 Å². The summed E-state index contributed by atoms with van der Waals surface area (Å²) in [4.78, 5) is 2.23. The van der Waals surface area contributed by atoms with Crippen molar-refractivity contribution < 1.29 is 0 Å². The van der Waals surface area contributed by atoms with Crippen molar-refractivity contribution >= 4 is 38.8 Å². The third kappa shape index (κ3) is 2.34. The first-order valence-corrected chi connectivity index (χ1v) is 7.48. The normalized spacial score (nSPS) is 12.9. The number of nitrogens with two attached hydrogens (primary N) is 1. The van der Waals surface area contributed by atoms with Gasteiger partial charge >= 0.3 is 0 Å². The smallest absolute Gasteiger partial charge is 0.0807 e. The molecule has 0 saturated carbocycles. The summed E-state index contributed by atoms with van der Waals surface area (Å²) in [6, 6.07) is 1.92. The van der Waals surface area contributed by atoms with Gasteiger partial charge in [0.25, 0.3) is 0 Å². The molecule has 1 unspecified atom stereocenters. The Hall–Kier alpha value is -0.300. The Morgan fingerprint density at radius 1 is 1.50 bits per heavy atom. The van der Waals surface area contributed by atoms with Crippen molar-refractivity contribution in [1.82, 2.24) is 9.59 Å². The minimum atomic E-state index is -0.101. The number of hydrogen-bond acceptors (Lipinski definition) is 5. The highest BCUT2D eigenvalue weighted by atomic mass is 79.9. The summed E-state index contributed by atoms with van der Waals surface area (Å²) >= 11 is 6.58. The molecule has 0 saturated heterocycles. The second-order valence-electron chi connectivity index (χ2n) is 3.44. The molecule has 0 aliphatic rings. The number of rotatable bonds is 4. The number of halogens is 1. The van der Waals surface area contributed by atoms with E-state index in [0.29, 0.717) is 0 Å². The van der Waals surface area contributed by atoms with E-state index in [1.165, 1.54) is 11.5 Å². The van der Waals surface area contributed by atoms with Gasteiger partial charge in [-0.1, -0.05) is 17.8 Å². The van der Waals surface area contributed by atoms with Gasteiger partial charge in [0, 0.05) is 9.35 Å². The summed E-state index contributed by atoms with van der Waals surface area (Å²) in [6.07, 6.45) is 2.01. The van der Waals surface area contributed by atoms with Gasteiger partial charge in [-0.3, -0.25) is 0 Å². The predicted molar refractivity (Wildman–Crippen MR) is 72.0 cm³/mol. The molecule has 6 heteroatoms. The van der Waals surface area contributed by atoms with Crippen molar-refractivity contribution in [3.8, 4) is 0 Å². The van der Waals surface area contributed by atoms with E-state index in [1.54, 1.807) is 11.3 Å². The molecule has 2 heterocycles. The van der Waals surface area contributed by atoms with Crippen LogP contribution in [0.1, 0.15) is 34.8 Å². The number of hydrogen-bond donors (Lipinski definition) is 1. The summed E-state index contributed by atoms with van der Waals surface area (Å²) in [6.45, 7) is 2.13. The van der Waals surface area contributed by atoms with Crippen LogP contribution >= 0.6 is 38.8 Å². The SMILES string of the molecule is CCCc1nnsc1C(N)c1sccc1Br. The molecule has 2 aromatic heterocycles. The van der Waals surface area contributed by atoms with E-state index in [1.807, 2.05) is 11.4 Å². The van der Waals surface area contributed by atoms with Crippen LogP contribution in [0.5, 0.6) is 0 Å². The highest BCUT2D eigenvalue weighted by Gasteiger charge is 2.19. The molecular formula is C10H12BrN3S2. The first-order valence-electron chi connectivity index (χ1n) is 5.03. The minimum Gasteiger partial charge on any atom is -0.319 e. The number of nitrogens with zero attached hydrogens (tertiary/aromatic N) is 2. The van der Waals surface area contributed by atoms with Crippen LogP contribution in [-0.4, -0.2) is 9.59 Å². The number of aryl methyl sites for hydroxylation is 1. The number of aromatic nitrogens is 2. The van der Waals surface area contributed by atoms with Crippen LogP contribution in [0.15, 0.2) is 15.9 Å². The molecular weight excluding hydrogens is 306 g/mol. The Bertz CT molecular complexity index is 466. The Morgan fingerprint density at radius 3 is 2.94 bits per heavy atom. The van der Waals surface area contributed by atoms with E-state index in [2.05, 4.69) is 32.4 Å². The van der Waals surface area contributed by atoms with Crippen molar-refractivity contribution in [3.63, 3.8) is 0 Å². The maximum atomic E-state index is 6.25. The van der Waals surface area contributed by atoms with Gasteiger partial charge in [0.1, 0.15) is 0 Å². The van der Waals surface area contributed by atoms with Crippen molar-refractivity contribution in [2.45, 2.75) is 25.8 Å². The van der Waals surface area contributed by atoms with Crippen molar-refractivity contribution in [1.29, 1.82) is 0 Å². The number of thiophene rings is 1. The van der Waals surface area contributed by atoms with Gasteiger partial charge in [-0.15, -0.1) is 16.4 Å². The lowest BCUT2D eigenvalue weighted by Gasteiger charge is -2.09. The highest BCUT2D eigenvalue weighted by Crippen LogP contribution is 2.34. The Balaban J connectivity index is 2.30. The lowest BCUT2D eigenvalue weighted by Crippen LogP contribution is -2.11. The van der Waals surface area contributed by atoms with E-state index in [9.17, 15) is 0 Å². The molecule has 0 amide bonds. The van der Waals surface area contributed by atoms with Gasteiger partial charge in [-0.25, -0.2) is 0 Å². The fourth-order valence-corrected chi connectivity index (χ4v) is 3.92. The first kappa shape index (κ1) is 12.2. The largest absolute Gasteiger partial charge is 0.319 e. The van der Waals surface area contributed by atoms with Gasteiger partial charge in [0.15, 0.2) is 0 Å². The second-order valence-corrected chi connectivity index (χ2v) is 6.03. The molecule has 0 fully saturated rings. The van der Waals surface area contributed by atoms with Crippen LogP contribution in [0.25, 0.3) is 0 Å². The molecule has 2 rings (SSSR count). The third-order valence-electron chi connectivity index (χ3n) is 2.28. The Morgan fingerprint density at radius 2 is 2.31 bits per heavy atom. The van der Waals surface area contributed by atoms with Crippen LogP contribution in [0.2, 0.25) is 0 Å². The van der Waals surface area contributed by atoms with Crippen LogP contribution in [0.3, 0.4) is 0 Å². The van der Waals surface area contributed by atoms with E-state index >= 15 is 0 Å².